The lowest BCUT2D eigenvalue weighted by molar-refractivity contribution is -0.117. The first-order valence-electron chi connectivity index (χ1n) is 9.95. The predicted molar refractivity (Wildman–Crippen MR) is 106 cm³/mol. The zero-order valence-electron chi connectivity index (χ0n) is 15.8. The molecule has 2 saturated carbocycles. The first-order valence-corrected chi connectivity index (χ1v) is 9.95. The normalized spacial score (nSPS) is 21.9. The van der Waals surface area contributed by atoms with Gasteiger partial charge in [-0.1, -0.05) is 26.0 Å². The van der Waals surface area contributed by atoms with Crippen molar-refractivity contribution in [3.05, 3.63) is 42.0 Å². The fraction of sp³-hybridized carbons (Fsp3) is 0.455. The topological polar surface area (TPSA) is 67.2 Å². The third-order valence-corrected chi connectivity index (χ3v) is 6.79. The molecule has 1 atom stereocenters. The standard InChI is InChI=1S/C22H25N3O2/c1-3-22(27,4-2)14-8-9-17-18(12-14)25(15-6-5-7-15)20(23-17)24-19(26)16-13-21(16)10-11-21/h5-9,12,16,27H,3-4,10-11,13H2,1-2H3,(H,23,24,26). The van der Waals surface area contributed by atoms with Crippen LogP contribution in [0.15, 0.2) is 36.4 Å². The summed E-state index contributed by atoms with van der Waals surface area (Å²) in [5.74, 6) is 0.811. The van der Waals surface area contributed by atoms with Gasteiger partial charge in [-0.15, -0.1) is 0 Å². The van der Waals surface area contributed by atoms with Gasteiger partial charge in [0.2, 0.25) is 11.9 Å². The van der Waals surface area contributed by atoms with Crippen LogP contribution in [-0.2, 0) is 10.4 Å². The maximum absolute atomic E-state index is 12.7. The fourth-order valence-corrected chi connectivity index (χ4v) is 4.33. The first-order chi connectivity index (χ1) is 13.0. The Balaban J connectivity index is 1.55. The highest BCUT2D eigenvalue weighted by Gasteiger charge is 2.65. The number of fused-ring (bicyclic) bond motifs is 1. The summed E-state index contributed by atoms with van der Waals surface area (Å²) >= 11 is 0. The molecular weight excluding hydrogens is 338 g/mol. The number of anilines is 1. The molecule has 2 fully saturated rings. The quantitative estimate of drug-likeness (QED) is 0.808. The predicted octanol–water partition coefficient (Wildman–Crippen LogP) is 4.19. The minimum absolute atomic E-state index is 0.0896. The van der Waals surface area contributed by atoms with Crippen LogP contribution in [0.25, 0.3) is 16.7 Å². The third-order valence-electron chi connectivity index (χ3n) is 6.79. The zero-order valence-corrected chi connectivity index (χ0v) is 15.8. The second-order valence-corrected chi connectivity index (χ2v) is 8.27. The lowest BCUT2D eigenvalue weighted by atomic mass is 9.88. The molecule has 1 heterocycles. The van der Waals surface area contributed by atoms with Gasteiger partial charge < -0.3 is 5.11 Å². The molecule has 1 unspecified atom stereocenters. The number of nitrogens with one attached hydrogen (secondary N) is 1. The van der Waals surface area contributed by atoms with Crippen molar-refractivity contribution in [1.29, 1.82) is 0 Å². The van der Waals surface area contributed by atoms with Crippen molar-refractivity contribution >= 4 is 28.6 Å². The van der Waals surface area contributed by atoms with E-state index in [1.165, 1.54) is 12.8 Å². The van der Waals surface area contributed by atoms with Crippen molar-refractivity contribution in [3.63, 3.8) is 0 Å². The summed E-state index contributed by atoms with van der Waals surface area (Å²) in [6.07, 6.45) is 10.7. The molecule has 5 heteroatoms. The van der Waals surface area contributed by atoms with E-state index in [0.717, 1.165) is 28.7 Å². The number of imidazole rings is 1. The summed E-state index contributed by atoms with van der Waals surface area (Å²) in [5, 5.41) is 14.0. The Kier molecular flexibility index (Phi) is 3.44. The van der Waals surface area contributed by atoms with E-state index in [2.05, 4.69) is 10.3 Å². The van der Waals surface area contributed by atoms with Crippen LogP contribution in [0.5, 0.6) is 0 Å². The van der Waals surface area contributed by atoms with Crippen molar-refractivity contribution in [2.24, 2.45) is 11.3 Å². The Morgan fingerprint density at radius 1 is 1.37 bits per heavy atom. The number of carbonyl (C=O) groups is 1. The number of amides is 1. The van der Waals surface area contributed by atoms with E-state index in [1.54, 1.807) is 0 Å². The number of carbonyl (C=O) groups excluding carboxylic acids is 1. The Morgan fingerprint density at radius 2 is 2.11 bits per heavy atom. The fourth-order valence-electron chi connectivity index (χ4n) is 4.33. The molecule has 5 rings (SSSR count). The highest BCUT2D eigenvalue weighted by Crippen LogP contribution is 2.70. The zero-order chi connectivity index (χ0) is 18.8. The molecule has 0 radical (unpaired) electrons. The Labute approximate surface area is 158 Å². The second kappa shape index (κ2) is 5.55. The second-order valence-electron chi connectivity index (χ2n) is 8.27. The van der Waals surface area contributed by atoms with E-state index in [0.29, 0.717) is 24.2 Å². The van der Waals surface area contributed by atoms with Gasteiger partial charge in [0.15, 0.2) is 0 Å². The monoisotopic (exact) mass is 363 g/mol. The number of aliphatic hydroxyl groups is 1. The molecule has 3 aliphatic carbocycles. The minimum Gasteiger partial charge on any atom is -0.385 e. The van der Waals surface area contributed by atoms with Crippen LogP contribution < -0.4 is 5.32 Å². The van der Waals surface area contributed by atoms with Gasteiger partial charge in [-0.25, -0.2) is 4.98 Å². The first kappa shape index (κ1) is 16.8. The number of nitrogens with zero attached hydrogens (tertiary/aromatic N) is 2. The van der Waals surface area contributed by atoms with Crippen LogP contribution in [0.2, 0.25) is 0 Å². The summed E-state index contributed by atoms with van der Waals surface area (Å²) < 4.78 is 1.99. The van der Waals surface area contributed by atoms with Crippen LogP contribution in [0.1, 0.15) is 51.5 Å². The van der Waals surface area contributed by atoms with Gasteiger partial charge in [0.25, 0.3) is 0 Å². The van der Waals surface area contributed by atoms with Crippen LogP contribution in [-0.4, -0.2) is 20.6 Å². The molecule has 1 spiro atoms. The maximum Gasteiger partial charge on any atom is 0.230 e. The smallest absolute Gasteiger partial charge is 0.230 e. The highest BCUT2D eigenvalue weighted by atomic mass is 16.3. The van der Waals surface area contributed by atoms with Crippen molar-refractivity contribution in [2.45, 2.75) is 51.6 Å². The molecule has 3 aliphatic rings. The number of hydrogen-bond donors (Lipinski definition) is 2. The molecule has 2 N–H and O–H groups in total. The van der Waals surface area contributed by atoms with Gasteiger partial charge in [0.05, 0.1) is 16.6 Å². The lowest BCUT2D eigenvalue weighted by Gasteiger charge is -2.26. The van der Waals surface area contributed by atoms with Crippen molar-refractivity contribution in [1.82, 2.24) is 9.55 Å². The van der Waals surface area contributed by atoms with E-state index in [1.807, 2.05) is 54.8 Å². The summed E-state index contributed by atoms with van der Waals surface area (Å²) in [7, 11) is 0. The van der Waals surface area contributed by atoms with E-state index in [4.69, 9.17) is 0 Å². The summed E-state index contributed by atoms with van der Waals surface area (Å²) in [4.78, 5) is 17.3. The molecule has 27 heavy (non-hydrogen) atoms. The average Bonchev–Trinajstić information content (AvgIpc) is 3.54. The molecule has 0 bridgehead atoms. The number of hydrogen-bond acceptors (Lipinski definition) is 3. The van der Waals surface area contributed by atoms with Gasteiger partial charge in [0.1, 0.15) is 0 Å². The summed E-state index contributed by atoms with van der Waals surface area (Å²) in [5.41, 5.74) is 3.10. The Hall–Kier alpha value is -2.40. The molecule has 1 aromatic heterocycles. The third kappa shape index (κ3) is 2.48. The number of allylic oxidation sites excluding steroid dienone is 4. The van der Waals surface area contributed by atoms with Gasteiger partial charge in [0, 0.05) is 11.6 Å². The summed E-state index contributed by atoms with van der Waals surface area (Å²) in [6.45, 7) is 3.99. The van der Waals surface area contributed by atoms with Gasteiger partial charge in [-0.05, 0) is 67.4 Å². The molecule has 1 amide bonds. The minimum atomic E-state index is -0.844. The number of benzene rings is 1. The van der Waals surface area contributed by atoms with E-state index >= 15 is 0 Å². The number of aromatic nitrogens is 2. The summed E-state index contributed by atoms with van der Waals surface area (Å²) in [6, 6.07) is 5.90. The van der Waals surface area contributed by atoms with Crippen molar-refractivity contribution in [2.75, 3.05) is 5.32 Å². The molecule has 5 nitrogen and oxygen atoms in total. The lowest BCUT2D eigenvalue weighted by Crippen LogP contribution is -2.23. The van der Waals surface area contributed by atoms with Crippen molar-refractivity contribution < 1.29 is 9.90 Å². The van der Waals surface area contributed by atoms with Gasteiger partial charge >= 0.3 is 0 Å². The van der Waals surface area contributed by atoms with Crippen LogP contribution >= 0.6 is 0 Å². The van der Waals surface area contributed by atoms with Gasteiger partial charge in [-0.2, -0.15) is 0 Å². The van der Waals surface area contributed by atoms with Crippen molar-refractivity contribution in [3.8, 4) is 0 Å². The Morgan fingerprint density at radius 3 is 2.67 bits per heavy atom. The SMILES string of the molecule is CCC(O)(CC)c1ccc2nc(NC(=O)C3CC34CC4)n(C3=CC=C3)c2c1. The molecule has 1 aromatic carbocycles. The number of rotatable bonds is 6. The van der Waals surface area contributed by atoms with E-state index < -0.39 is 5.60 Å². The Bertz CT molecular complexity index is 1010. The largest absolute Gasteiger partial charge is 0.385 e. The van der Waals surface area contributed by atoms with Crippen LogP contribution in [0, 0.1) is 11.3 Å². The molecular formula is C22H25N3O2. The molecule has 0 saturated heterocycles. The molecule has 140 valence electrons. The molecule has 2 aromatic rings. The average molecular weight is 363 g/mol. The van der Waals surface area contributed by atoms with Crippen LogP contribution in [0.4, 0.5) is 5.95 Å². The van der Waals surface area contributed by atoms with E-state index in [-0.39, 0.29) is 11.8 Å². The molecule has 0 aliphatic heterocycles. The maximum atomic E-state index is 12.7. The highest BCUT2D eigenvalue weighted by molar-refractivity contribution is 5.97. The van der Waals surface area contributed by atoms with Gasteiger partial charge in [-0.3, -0.25) is 14.7 Å². The van der Waals surface area contributed by atoms with E-state index in [9.17, 15) is 9.90 Å². The van der Waals surface area contributed by atoms with Crippen LogP contribution in [0.3, 0.4) is 0 Å².